The number of rotatable bonds is 1. The van der Waals surface area contributed by atoms with Gasteiger partial charge in [-0.25, -0.2) is 4.98 Å². The Balaban J connectivity index is 1.93. The maximum atomic E-state index is 6.49. The minimum absolute atomic E-state index is 0.753. The van der Waals surface area contributed by atoms with Crippen molar-refractivity contribution in [2.24, 2.45) is 0 Å². The lowest BCUT2D eigenvalue weighted by Crippen LogP contribution is -2.25. The maximum absolute atomic E-state index is 6.49. The molecule has 0 atom stereocenters. The first kappa shape index (κ1) is 14.9. The molecule has 122 valence electrons. The van der Waals surface area contributed by atoms with Crippen molar-refractivity contribution >= 4 is 33.3 Å². The molecule has 25 heavy (non-hydrogen) atoms. The SMILES string of the molecule is Clc1ccccc1-c1nc2ccc3ccccc3c2c2c1CNCC2. The number of halogens is 1. The Kier molecular flexibility index (Phi) is 3.47. The zero-order valence-corrected chi connectivity index (χ0v) is 14.5. The van der Waals surface area contributed by atoms with E-state index in [-0.39, 0.29) is 0 Å². The summed E-state index contributed by atoms with van der Waals surface area (Å²) in [6.45, 7) is 1.83. The van der Waals surface area contributed by atoms with Gasteiger partial charge in [-0.1, -0.05) is 60.1 Å². The lowest BCUT2D eigenvalue weighted by molar-refractivity contribution is 0.646. The van der Waals surface area contributed by atoms with Crippen LogP contribution in [0, 0.1) is 0 Å². The number of fused-ring (bicyclic) bond motifs is 5. The van der Waals surface area contributed by atoms with Gasteiger partial charge in [-0.3, -0.25) is 0 Å². The third-order valence-electron chi connectivity index (χ3n) is 5.07. The molecule has 0 saturated heterocycles. The van der Waals surface area contributed by atoms with Crippen LogP contribution in [-0.4, -0.2) is 11.5 Å². The molecule has 1 aliphatic heterocycles. The van der Waals surface area contributed by atoms with Gasteiger partial charge in [0, 0.05) is 22.5 Å². The molecule has 4 aromatic rings. The van der Waals surface area contributed by atoms with Crippen LogP contribution in [0.4, 0.5) is 0 Å². The van der Waals surface area contributed by atoms with Gasteiger partial charge in [-0.15, -0.1) is 0 Å². The molecule has 3 heteroatoms. The fraction of sp³-hybridized carbons (Fsp3) is 0.136. The zero-order valence-electron chi connectivity index (χ0n) is 13.7. The van der Waals surface area contributed by atoms with Gasteiger partial charge in [-0.05, 0) is 47.0 Å². The molecule has 5 rings (SSSR count). The summed E-state index contributed by atoms with van der Waals surface area (Å²) in [7, 11) is 0. The number of hydrogen-bond acceptors (Lipinski definition) is 2. The van der Waals surface area contributed by atoms with Gasteiger partial charge in [0.15, 0.2) is 0 Å². The molecule has 0 unspecified atom stereocenters. The van der Waals surface area contributed by atoms with Gasteiger partial charge >= 0.3 is 0 Å². The lowest BCUT2D eigenvalue weighted by Gasteiger charge is -2.23. The Morgan fingerprint density at radius 2 is 1.72 bits per heavy atom. The Hall–Kier alpha value is -2.42. The summed E-state index contributed by atoms with van der Waals surface area (Å²) in [6.07, 6.45) is 1.01. The Morgan fingerprint density at radius 3 is 2.64 bits per heavy atom. The van der Waals surface area contributed by atoms with Gasteiger partial charge in [-0.2, -0.15) is 0 Å². The second-order valence-electron chi connectivity index (χ2n) is 6.50. The molecule has 0 radical (unpaired) electrons. The average molecular weight is 345 g/mol. The first-order chi connectivity index (χ1) is 12.3. The number of nitrogens with one attached hydrogen (secondary N) is 1. The van der Waals surface area contributed by atoms with Gasteiger partial charge in [0.05, 0.1) is 11.2 Å². The smallest absolute Gasteiger partial charge is 0.0772 e. The predicted molar refractivity (Wildman–Crippen MR) is 105 cm³/mol. The number of aromatic nitrogens is 1. The minimum Gasteiger partial charge on any atom is -0.312 e. The average Bonchev–Trinajstić information content (AvgIpc) is 2.67. The molecule has 2 nitrogen and oxygen atoms in total. The van der Waals surface area contributed by atoms with Crippen molar-refractivity contribution in [3.63, 3.8) is 0 Å². The monoisotopic (exact) mass is 344 g/mol. The van der Waals surface area contributed by atoms with Crippen molar-refractivity contribution in [1.29, 1.82) is 0 Å². The van der Waals surface area contributed by atoms with E-state index in [4.69, 9.17) is 16.6 Å². The van der Waals surface area contributed by atoms with Gasteiger partial charge in [0.25, 0.3) is 0 Å². The molecular formula is C22H17ClN2. The van der Waals surface area contributed by atoms with E-state index in [1.165, 1.54) is 27.3 Å². The molecule has 0 fully saturated rings. The summed E-state index contributed by atoms with van der Waals surface area (Å²) in [4.78, 5) is 5.05. The lowest BCUT2D eigenvalue weighted by atomic mass is 9.90. The highest BCUT2D eigenvalue weighted by Crippen LogP contribution is 2.37. The van der Waals surface area contributed by atoms with E-state index in [0.717, 1.165) is 41.3 Å². The van der Waals surface area contributed by atoms with Crippen LogP contribution in [0.5, 0.6) is 0 Å². The van der Waals surface area contributed by atoms with E-state index in [1.807, 2.05) is 18.2 Å². The van der Waals surface area contributed by atoms with Crippen LogP contribution in [0.15, 0.2) is 60.7 Å². The minimum atomic E-state index is 0.753. The van der Waals surface area contributed by atoms with Crippen molar-refractivity contribution < 1.29 is 0 Å². The van der Waals surface area contributed by atoms with E-state index in [2.05, 4.69) is 47.8 Å². The highest BCUT2D eigenvalue weighted by molar-refractivity contribution is 6.33. The number of hydrogen-bond donors (Lipinski definition) is 1. The zero-order chi connectivity index (χ0) is 16.8. The maximum Gasteiger partial charge on any atom is 0.0772 e. The second-order valence-corrected chi connectivity index (χ2v) is 6.91. The molecule has 0 amide bonds. The fourth-order valence-corrected chi connectivity index (χ4v) is 4.15. The normalized spacial score (nSPS) is 14.0. The molecular weight excluding hydrogens is 328 g/mol. The van der Waals surface area contributed by atoms with Gasteiger partial charge < -0.3 is 5.32 Å². The van der Waals surface area contributed by atoms with Crippen LogP contribution in [-0.2, 0) is 13.0 Å². The summed E-state index contributed by atoms with van der Waals surface area (Å²) < 4.78 is 0. The Bertz CT molecular complexity index is 1120. The quantitative estimate of drug-likeness (QED) is 0.470. The van der Waals surface area contributed by atoms with Gasteiger partial charge in [0.1, 0.15) is 0 Å². The molecule has 1 aromatic heterocycles. The predicted octanol–water partition coefficient (Wildman–Crippen LogP) is 5.35. The number of nitrogens with zero attached hydrogens (tertiary/aromatic N) is 1. The molecule has 0 bridgehead atoms. The summed E-state index contributed by atoms with van der Waals surface area (Å²) >= 11 is 6.49. The highest BCUT2D eigenvalue weighted by Gasteiger charge is 2.21. The van der Waals surface area contributed by atoms with Crippen LogP contribution >= 0.6 is 11.6 Å². The topological polar surface area (TPSA) is 24.9 Å². The van der Waals surface area contributed by atoms with E-state index < -0.39 is 0 Å². The molecule has 0 aliphatic carbocycles. The van der Waals surface area contributed by atoms with E-state index in [1.54, 1.807) is 0 Å². The third kappa shape index (κ3) is 2.33. The van der Waals surface area contributed by atoms with Gasteiger partial charge in [0.2, 0.25) is 0 Å². The molecule has 1 N–H and O–H groups in total. The summed E-state index contributed by atoms with van der Waals surface area (Å²) in [5.41, 5.74) is 5.77. The fourth-order valence-electron chi connectivity index (χ4n) is 3.92. The number of pyridine rings is 1. The largest absolute Gasteiger partial charge is 0.312 e. The summed E-state index contributed by atoms with van der Waals surface area (Å²) in [5, 5.41) is 8.10. The molecule has 0 saturated carbocycles. The first-order valence-corrected chi connectivity index (χ1v) is 8.99. The van der Waals surface area contributed by atoms with E-state index in [0.29, 0.717) is 0 Å². The van der Waals surface area contributed by atoms with Crippen LogP contribution in [0.2, 0.25) is 5.02 Å². The van der Waals surface area contributed by atoms with Crippen LogP contribution in [0.1, 0.15) is 11.1 Å². The summed E-state index contributed by atoms with van der Waals surface area (Å²) in [5.74, 6) is 0. The van der Waals surface area contributed by atoms with E-state index >= 15 is 0 Å². The summed E-state index contributed by atoms with van der Waals surface area (Å²) in [6, 6.07) is 20.9. The van der Waals surface area contributed by atoms with Crippen molar-refractivity contribution in [3.8, 4) is 11.3 Å². The third-order valence-corrected chi connectivity index (χ3v) is 5.40. The Labute approximate surface area is 151 Å². The molecule has 0 spiro atoms. The molecule has 1 aliphatic rings. The molecule has 2 heterocycles. The Morgan fingerprint density at radius 1 is 0.880 bits per heavy atom. The highest BCUT2D eigenvalue weighted by atomic mass is 35.5. The van der Waals surface area contributed by atoms with Crippen molar-refractivity contribution in [2.75, 3.05) is 6.54 Å². The van der Waals surface area contributed by atoms with Crippen LogP contribution in [0.25, 0.3) is 32.9 Å². The van der Waals surface area contributed by atoms with Crippen LogP contribution in [0.3, 0.4) is 0 Å². The van der Waals surface area contributed by atoms with E-state index in [9.17, 15) is 0 Å². The van der Waals surface area contributed by atoms with Crippen LogP contribution < -0.4 is 5.32 Å². The van der Waals surface area contributed by atoms with Crippen molar-refractivity contribution in [3.05, 3.63) is 76.8 Å². The number of benzene rings is 3. The first-order valence-electron chi connectivity index (χ1n) is 8.62. The van der Waals surface area contributed by atoms with Crippen molar-refractivity contribution in [2.45, 2.75) is 13.0 Å². The molecule has 3 aromatic carbocycles. The second kappa shape index (κ2) is 5.83. The standard InChI is InChI=1S/C22H17ClN2/c23-19-8-4-3-7-17(19)22-18-13-24-12-11-16(18)21-15-6-2-1-5-14(15)9-10-20(21)25-22/h1-10,24H,11-13H2. The van der Waals surface area contributed by atoms with Crippen molar-refractivity contribution in [1.82, 2.24) is 10.3 Å².